The minimum atomic E-state index is -0.390. The van der Waals surface area contributed by atoms with Crippen LogP contribution in [0.2, 0.25) is 0 Å². The fraction of sp³-hybridized carbons (Fsp3) is 0.125. The lowest BCUT2D eigenvalue weighted by Crippen LogP contribution is -1.95. The minimum Gasteiger partial charge on any atom is -0.464 e. The molecule has 0 saturated heterocycles. The molecule has 3 rings (SSSR count). The van der Waals surface area contributed by atoms with Gasteiger partial charge in [0.05, 0.1) is 11.2 Å². The van der Waals surface area contributed by atoms with E-state index in [1.54, 1.807) is 18.4 Å². The number of nitro benzene ring substituents is 1. The van der Waals surface area contributed by atoms with Crippen LogP contribution in [0.5, 0.6) is 0 Å². The van der Waals surface area contributed by atoms with Crippen LogP contribution in [0.15, 0.2) is 59.2 Å². The maximum Gasteiger partial charge on any atom is 0.269 e. The third-order valence-corrected chi connectivity index (χ3v) is 4.23. The summed E-state index contributed by atoms with van der Waals surface area (Å²) in [7, 11) is 0. The Hall–Kier alpha value is -2.14. The molecule has 0 aliphatic rings. The molecule has 0 bridgehead atoms. The molecule has 2 aromatic carbocycles. The van der Waals surface area contributed by atoms with Gasteiger partial charge in [-0.05, 0) is 18.1 Å². The van der Waals surface area contributed by atoms with Gasteiger partial charge in [-0.2, -0.15) is 0 Å². The Morgan fingerprint density at radius 3 is 2.57 bits per heavy atom. The lowest BCUT2D eigenvalue weighted by Gasteiger charge is -2.08. The quantitative estimate of drug-likeness (QED) is 0.379. The first-order valence-electron chi connectivity index (χ1n) is 6.48. The number of benzene rings is 2. The number of non-ortho nitro benzene ring substituents is 1. The Kier molecular flexibility index (Phi) is 3.75. The first kappa shape index (κ1) is 13.8. The first-order valence-corrected chi connectivity index (χ1v) is 7.40. The number of nitrogens with zero attached hydrogens (tertiary/aromatic N) is 1. The predicted octanol–water partition coefficient (Wildman–Crippen LogP) is 5.02. The van der Waals surface area contributed by atoms with Gasteiger partial charge in [-0.15, -0.1) is 0 Å². The first-order chi connectivity index (χ1) is 10.1. The fourth-order valence-electron chi connectivity index (χ4n) is 2.31. The summed E-state index contributed by atoms with van der Waals surface area (Å²) in [4.78, 5) is 10.4. The average molecular weight is 346 g/mol. The third-order valence-electron chi connectivity index (χ3n) is 3.41. The fourth-order valence-corrected chi connectivity index (χ4v) is 3.04. The summed E-state index contributed by atoms with van der Waals surface area (Å²) in [6.07, 6.45) is 2.50. The van der Waals surface area contributed by atoms with E-state index < -0.39 is 0 Å². The van der Waals surface area contributed by atoms with Crippen molar-refractivity contribution in [2.45, 2.75) is 11.2 Å². The Morgan fingerprint density at radius 2 is 1.86 bits per heavy atom. The second-order valence-electron chi connectivity index (χ2n) is 4.78. The van der Waals surface area contributed by atoms with E-state index in [1.807, 2.05) is 24.3 Å². The number of nitro groups is 1. The largest absolute Gasteiger partial charge is 0.464 e. The SMILES string of the molecule is O=[N+]([O-])c1ccc(CC(Br)c2coc3ccccc23)cc1. The van der Waals surface area contributed by atoms with E-state index in [2.05, 4.69) is 15.9 Å². The maximum absolute atomic E-state index is 10.7. The zero-order valence-corrected chi connectivity index (χ0v) is 12.6. The standard InChI is InChI=1S/C16H12BrNO3/c17-15(9-11-5-7-12(8-6-11)18(19)20)14-10-21-16-4-2-1-3-13(14)16/h1-8,10,15H,9H2. The van der Waals surface area contributed by atoms with Gasteiger partial charge >= 0.3 is 0 Å². The molecule has 0 radical (unpaired) electrons. The Morgan fingerprint density at radius 1 is 1.14 bits per heavy atom. The van der Waals surface area contributed by atoms with Gasteiger partial charge in [0.1, 0.15) is 5.58 Å². The van der Waals surface area contributed by atoms with Crippen LogP contribution in [0.1, 0.15) is 16.0 Å². The maximum atomic E-state index is 10.7. The highest BCUT2D eigenvalue weighted by molar-refractivity contribution is 9.09. The molecule has 0 saturated carbocycles. The van der Waals surface area contributed by atoms with Crippen LogP contribution in [0.4, 0.5) is 5.69 Å². The van der Waals surface area contributed by atoms with E-state index in [-0.39, 0.29) is 15.4 Å². The molecule has 5 heteroatoms. The Balaban J connectivity index is 1.82. The average Bonchev–Trinajstić information content (AvgIpc) is 2.92. The molecule has 0 N–H and O–H groups in total. The summed E-state index contributed by atoms with van der Waals surface area (Å²) >= 11 is 3.68. The van der Waals surface area contributed by atoms with E-state index in [0.717, 1.165) is 28.5 Å². The lowest BCUT2D eigenvalue weighted by atomic mass is 10.0. The molecule has 0 aliphatic heterocycles. The minimum absolute atomic E-state index is 0.0996. The number of hydrogen-bond acceptors (Lipinski definition) is 3. The molecule has 0 amide bonds. The lowest BCUT2D eigenvalue weighted by molar-refractivity contribution is -0.384. The van der Waals surface area contributed by atoms with Gasteiger partial charge in [0, 0.05) is 27.9 Å². The monoisotopic (exact) mass is 345 g/mol. The Bertz CT molecular complexity index is 780. The van der Waals surface area contributed by atoms with Crippen molar-refractivity contribution in [2.24, 2.45) is 0 Å². The van der Waals surface area contributed by atoms with E-state index in [9.17, 15) is 10.1 Å². The summed E-state index contributed by atoms with van der Waals surface area (Å²) in [5.41, 5.74) is 3.09. The topological polar surface area (TPSA) is 56.3 Å². The molecule has 4 nitrogen and oxygen atoms in total. The molecule has 1 unspecified atom stereocenters. The molecular formula is C16H12BrNO3. The number of para-hydroxylation sites is 1. The van der Waals surface area contributed by atoms with Crippen molar-refractivity contribution >= 4 is 32.6 Å². The molecule has 1 aromatic heterocycles. The number of halogens is 1. The van der Waals surface area contributed by atoms with Crippen LogP contribution >= 0.6 is 15.9 Å². The summed E-state index contributed by atoms with van der Waals surface area (Å²) in [6, 6.07) is 14.5. The molecule has 106 valence electrons. The normalized spacial score (nSPS) is 12.4. The van der Waals surface area contributed by atoms with Gasteiger partial charge in [-0.3, -0.25) is 10.1 Å². The molecule has 3 aromatic rings. The van der Waals surface area contributed by atoms with Gasteiger partial charge in [-0.25, -0.2) is 0 Å². The van der Waals surface area contributed by atoms with Crippen LogP contribution in [0, 0.1) is 10.1 Å². The number of hydrogen-bond donors (Lipinski definition) is 0. The van der Waals surface area contributed by atoms with E-state index >= 15 is 0 Å². The number of furan rings is 1. The smallest absolute Gasteiger partial charge is 0.269 e. The third kappa shape index (κ3) is 2.83. The van der Waals surface area contributed by atoms with Crippen molar-refractivity contribution in [2.75, 3.05) is 0 Å². The second kappa shape index (κ2) is 5.69. The summed E-state index contributed by atoms with van der Waals surface area (Å²) < 4.78 is 5.54. The van der Waals surface area contributed by atoms with Gasteiger partial charge in [0.2, 0.25) is 0 Å². The zero-order valence-electron chi connectivity index (χ0n) is 11.0. The van der Waals surface area contributed by atoms with Gasteiger partial charge in [-0.1, -0.05) is 46.3 Å². The van der Waals surface area contributed by atoms with Crippen LogP contribution in [0.25, 0.3) is 11.0 Å². The number of rotatable bonds is 4. The molecule has 0 aliphatic carbocycles. The molecule has 21 heavy (non-hydrogen) atoms. The predicted molar refractivity (Wildman–Crippen MR) is 84.7 cm³/mol. The Labute approximate surface area is 129 Å². The van der Waals surface area contributed by atoms with E-state index in [1.165, 1.54) is 12.1 Å². The van der Waals surface area contributed by atoms with Gasteiger partial charge < -0.3 is 4.42 Å². The highest BCUT2D eigenvalue weighted by Gasteiger charge is 2.15. The van der Waals surface area contributed by atoms with Crippen molar-refractivity contribution in [3.63, 3.8) is 0 Å². The van der Waals surface area contributed by atoms with Crippen molar-refractivity contribution in [1.29, 1.82) is 0 Å². The second-order valence-corrected chi connectivity index (χ2v) is 5.89. The van der Waals surface area contributed by atoms with Crippen molar-refractivity contribution in [3.05, 3.63) is 76.0 Å². The summed E-state index contributed by atoms with van der Waals surface area (Å²) in [6.45, 7) is 0. The number of alkyl halides is 1. The van der Waals surface area contributed by atoms with Crippen molar-refractivity contribution in [1.82, 2.24) is 0 Å². The highest BCUT2D eigenvalue weighted by Crippen LogP contribution is 2.34. The van der Waals surface area contributed by atoms with Crippen LogP contribution < -0.4 is 0 Å². The van der Waals surface area contributed by atoms with E-state index in [4.69, 9.17) is 4.42 Å². The van der Waals surface area contributed by atoms with Crippen LogP contribution in [-0.4, -0.2) is 4.92 Å². The van der Waals surface area contributed by atoms with Gasteiger partial charge in [0.25, 0.3) is 5.69 Å². The molecule has 1 atom stereocenters. The molecule has 0 fully saturated rings. The zero-order chi connectivity index (χ0) is 14.8. The summed E-state index contributed by atoms with van der Waals surface area (Å²) in [5, 5.41) is 11.7. The van der Waals surface area contributed by atoms with Crippen LogP contribution in [0.3, 0.4) is 0 Å². The molecule has 0 spiro atoms. The molecular weight excluding hydrogens is 334 g/mol. The highest BCUT2D eigenvalue weighted by atomic mass is 79.9. The van der Waals surface area contributed by atoms with Crippen molar-refractivity contribution in [3.8, 4) is 0 Å². The van der Waals surface area contributed by atoms with Crippen molar-refractivity contribution < 1.29 is 9.34 Å². The van der Waals surface area contributed by atoms with Gasteiger partial charge in [0.15, 0.2) is 0 Å². The van der Waals surface area contributed by atoms with Crippen LogP contribution in [-0.2, 0) is 6.42 Å². The molecule has 1 heterocycles. The summed E-state index contributed by atoms with van der Waals surface area (Å²) in [5.74, 6) is 0. The van der Waals surface area contributed by atoms with E-state index in [0.29, 0.717) is 0 Å². The number of fused-ring (bicyclic) bond motifs is 1.